The minimum atomic E-state index is -2.97. The first-order chi connectivity index (χ1) is 19.3. The van der Waals surface area contributed by atoms with Crippen LogP contribution in [0.2, 0.25) is 5.02 Å². The number of nitrogens with zero attached hydrogens (tertiary/aromatic N) is 6. The van der Waals surface area contributed by atoms with Crippen LogP contribution in [0.3, 0.4) is 0 Å². The predicted octanol–water partition coefficient (Wildman–Crippen LogP) is 4.96. The summed E-state index contributed by atoms with van der Waals surface area (Å²) in [5.41, 5.74) is -2.23. The summed E-state index contributed by atoms with van der Waals surface area (Å²) in [4.78, 5) is 35.3. The molecule has 41 heavy (non-hydrogen) atoms. The maximum Gasteiger partial charge on any atom is 0.411 e. The monoisotopic (exact) mass is 649 g/mol. The predicted molar refractivity (Wildman–Crippen MR) is 146 cm³/mol. The number of aliphatic hydroxyl groups excluding tert-OH is 1. The summed E-state index contributed by atoms with van der Waals surface area (Å²) in [6.45, 7) is 2.53. The average Bonchev–Trinajstić information content (AvgIpc) is 3.50. The average molecular weight is 651 g/mol. The molecular formula is C26H23BrClF2N7O4. The lowest BCUT2D eigenvalue weighted by Gasteiger charge is -2.33. The van der Waals surface area contributed by atoms with Crippen molar-refractivity contribution in [3.63, 3.8) is 0 Å². The molecule has 2 atom stereocenters. The van der Waals surface area contributed by atoms with Crippen LogP contribution in [0.4, 0.5) is 13.6 Å². The highest BCUT2D eigenvalue weighted by atomic mass is 79.9. The number of aliphatic imine (C=N–C) groups is 1. The second-order valence-electron chi connectivity index (χ2n) is 9.82. The molecule has 0 saturated carbocycles. The van der Waals surface area contributed by atoms with Gasteiger partial charge >= 0.3 is 6.09 Å². The Bertz CT molecular complexity index is 1560. The number of carbonyl (C=O) groups excluding carboxylic acids is 1. The van der Waals surface area contributed by atoms with Gasteiger partial charge in [-0.25, -0.2) is 28.2 Å². The van der Waals surface area contributed by atoms with Crippen LogP contribution in [0.5, 0.6) is 0 Å². The molecule has 214 valence electrons. The largest absolute Gasteiger partial charge is 0.465 e. The molecule has 15 heteroatoms. The summed E-state index contributed by atoms with van der Waals surface area (Å²) in [5.74, 6) is -1.77. The molecule has 0 unspecified atom stereocenters. The minimum Gasteiger partial charge on any atom is -0.465 e. The molecule has 2 amide bonds. The van der Waals surface area contributed by atoms with E-state index in [1.807, 2.05) is 0 Å². The van der Waals surface area contributed by atoms with E-state index in [9.17, 15) is 33.8 Å². The second kappa shape index (κ2) is 11.5. The molecule has 0 aliphatic carbocycles. The highest BCUT2D eigenvalue weighted by Gasteiger charge is 2.54. The topological polar surface area (TPSA) is 157 Å². The van der Waals surface area contributed by atoms with Crippen molar-refractivity contribution in [2.75, 3.05) is 6.61 Å². The number of benzene rings is 2. The lowest BCUT2D eigenvalue weighted by Crippen LogP contribution is -2.49. The number of nitriles is 1. The number of hydrogen-bond donors (Lipinski definition) is 3. The Morgan fingerprint density at radius 1 is 1.27 bits per heavy atom. The van der Waals surface area contributed by atoms with E-state index in [4.69, 9.17) is 11.6 Å². The van der Waals surface area contributed by atoms with Gasteiger partial charge < -0.3 is 10.2 Å². The van der Waals surface area contributed by atoms with Gasteiger partial charge in [0.05, 0.1) is 34.8 Å². The molecule has 2 heterocycles. The number of nitrogens with one attached hydrogen (secondary N) is 1. The fourth-order valence-corrected chi connectivity index (χ4v) is 5.14. The van der Waals surface area contributed by atoms with E-state index in [0.717, 1.165) is 15.9 Å². The molecule has 0 saturated heterocycles. The first kappa shape index (κ1) is 30.0. The molecule has 0 spiro atoms. The third kappa shape index (κ3) is 5.79. The van der Waals surface area contributed by atoms with Crippen LogP contribution in [0, 0.1) is 16.7 Å². The summed E-state index contributed by atoms with van der Waals surface area (Å²) in [6, 6.07) is 11.7. The lowest BCUT2D eigenvalue weighted by molar-refractivity contribution is -0.134. The van der Waals surface area contributed by atoms with E-state index in [-0.39, 0.29) is 28.7 Å². The van der Waals surface area contributed by atoms with Gasteiger partial charge in [-0.3, -0.25) is 15.0 Å². The number of hydrogen-bond acceptors (Lipinski definition) is 7. The Labute approximate surface area is 246 Å². The molecule has 0 fully saturated rings. The van der Waals surface area contributed by atoms with Crippen molar-refractivity contribution >= 4 is 45.5 Å². The Kier molecular flexibility index (Phi) is 8.44. The summed E-state index contributed by atoms with van der Waals surface area (Å²) in [6.07, 6.45) is -3.69. The number of guanidine groups is 1. The smallest absolute Gasteiger partial charge is 0.411 e. The summed E-state index contributed by atoms with van der Waals surface area (Å²) >= 11 is 9.65. The first-order valence-corrected chi connectivity index (χ1v) is 13.2. The summed E-state index contributed by atoms with van der Waals surface area (Å²) in [5, 5.41) is 35.9. The van der Waals surface area contributed by atoms with Gasteiger partial charge in [0.2, 0.25) is 5.96 Å². The number of aliphatic hydroxyl groups is 1. The van der Waals surface area contributed by atoms with Gasteiger partial charge in [-0.05, 0) is 49.2 Å². The minimum absolute atomic E-state index is 0.00321. The zero-order chi connectivity index (χ0) is 30.1. The van der Waals surface area contributed by atoms with Crippen LogP contribution in [0.25, 0.3) is 5.69 Å². The van der Waals surface area contributed by atoms with Crippen molar-refractivity contribution in [1.29, 1.82) is 5.26 Å². The highest BCUT2D eigenvalue weighted by molar-refractivity contribution is 9.10. The van der Waals surface area contributed by atoms with Gasteiger partial charge in [-0.2, -0.15) is 10.4 Å². The zero-order valence-electron chi connectivity index (χ0n) is 21.6. The van der Waals surface area contributed by atoms with E-state index in [1.54, 1.807) is 38.1 Å². The fourth-order valence-electron chi connectivity index (χ4n) is 4.68. The van der Waals surface area contributed by atoms with E-state index in [0.29, 0.717) is 10.0 Å². The SMILES string of the molecule is CC(C)(C#N)C[C@]1(c2ccc(Br)cc2)N=C(NC(=O)O)N([C@H](CO)c2ccc(Cl)c(-n3ncnc3C(F)F)c2)C1=O. The van der Waals surface area contributed by atoms with E-state index >= 15 is 0 Å². The standard InChI is InChI=1S/C26H23BrClF2N7O4/c1-25(2,12-31)11-26(15-4-6-16(27)7-5-15)22(39)36(23(35-26)34-24(40)41)19(10-38)14-3-8-17(28)18(9-14)37-21(20(29)30)32-13-33-37/h3-9,13,19-20,38H,10-11H2,1-2H3,(H,34,35)(H,40,41)/t19-,26-/m1/s1. The van der Waals surface area contributed by atoms with Crippen LogP contribution < -0.4 is 5.32 Å². The van der Waals surface area contributed by atoms with Gasteiger partial charge in [0.25, 0.3) is 12.3 Å². The number of alkyl halides is 2. The summed E-state index contributed by atoms with van der Waals surface area (Å²) in [7, 11) is 0. The van der Waals surface area contributed by atoms with Gasteiger partial charge in [0.15, 0.2) is 11.4 Å². The van der Waals surface area contributed by atoms with Crippen LogP contribution in [0.1, 0.15) is 49.7 Å². The molecule has 3 aromatic rings. The normalized spacial score (nSPS) is 17.9. The molecule has 1 aliphatic heterocycles. The van der Waals surface area contributed by atoms with Crippen molar-refractivity contribution in [1.82, 2.24) is 25.0 Å². The Hall–Kier alpha value is -3.93. The number of aromatic nitrogens is 3. The fraction of sp³-hybridized carbons (Fsp3) is 0.308. The molecule has 0 bridgehead atoms. The maximum absolute atomic E-state index is 14.4. The number of amides is 2. The van der Waals surface area contributed by atoms with Crippen molar-refractivity contribution in [3.8, 4) is 11.8 Å². The van der Waals surface area contributed by atoms with E-state index < -0.39 is 47.9 Å². The third-order valence-corrected chi connectivity index (χ3v) is 7.32. The zero-order valence-corrected chi connectivity index (χ0v) is 23.9. The maximum atomic E-state index is 14.4. The number of carboxylic acid groups (broad SMARTS) is 1. The number of carbonyl (C=O) groups is 2. The van der Waals surface area contributed by atoms with Crippen LogP contribution in [-0.2, 0) is 10.3 Å². The molecule has 2 aromatic carbocycles. The van der Waals surface area contributed by atoms with E-state index in [2.05, 4.69) is 42.4 Å². The lowest BCUT2D eigenvalue weighted by atomic mass is 9.75. The van der Waals surface area contributed by atoms with Gasteiger partial charge in [-0.15, -0.1) is 0 Å². The Morgan fingerprint density at radius 3 is 2.54 bits per heavy atom. The first-order valence-electron chi connectivity index (χ1n) is 12.0. The highest BCUT2D eigenvalue weighted by Crippen LogP contribution is 2.45. The summed E-state index contributed by atoms with van der Waals surface area (Å²) < 4.78 is 28.6. The molecule has 4 rings (SSSR count). The van der Waals surface area contributed by atoms with Crippen LogP contribution in [-0.4, -0.2) is 54.4 Å². The molecule has 3 N–H and O–H groups in total. The van der Waals surface area contributed by atoms with Crippen LogP contribution in [0.15, 0.2) is 58.3 Å². The van der Waals surface area contributed by atoms with Crippen molar-refractivity contribution in [2.24, 2.45) is 10.4 Å². The van der Waals surface area contributed by atoms with Gasteiger partial charge in [0.1, 0.15) is 6.33 Å². The van der Waals surface area contributed by atoms with E-state index in [1.165, 1.54) is 18.2 Å². The quantitative estimate of drug-likeness (QED) is 0.311. The molecule has 1 aromatic heterocycles. The molecular weight excluding hydrogens is 628 g/mol. The molecule has 1 aliphatic rings. The Balaban J connectivity index is 1.89. The molecule has 0 radical (unpaired) electrons. The molecule has 11 nitrogen and oxygen atoms in total. The van der Waals surface area contributed by atoms with Crippen molar-refractivity contribution < 1.29 is 28.6 Å². The second-order valence-corrected chi connectivity index (χ2v) is 11.1. The van der Waals surface area contributed by atoms with Crippen molar-refractivity contribution in [2.45, 2.75) is 38.3 Å². The van der Waals surface area contributed by atoms with Gasteiger partial charge in [-0.1, -0.05) is 45.7 Å². The number of rotatable bonds is 8. The van der Waals surface area contributed by atoms with Crippen LogP contribution >= 0.6 is 27.5 Å². The third-order valence-electron chi connectivity index (χ3n) is 6.48. The van der Waals surface area contributed by atoms with Crippen molar-refractivity contribution in [3.05, 3.63) is 75.2 Å². The Morgan fingerprint density at radius 2 is 1.95 bits per heavy atom. The number of halogens is 4. The van der Waals surface area contributed by atoms with Gasteiger partial charge in [0, 0.05) is 10.9 Å².